The lowest BCUT2D eigenvalue weighted by Gasteiger charge is -2.26. The first-order valence-corrected chi connectivity index (χ1v) is 9.95. The zero-order valence-corrected chi connectivity index (χ0v) is 15.8. The highest BCUT2D eigenvalue weighted by Crippen LogP contribution is 2.23. The van der Waals surface area contributed by atoms with Gasteiger partial charge in [0, 0.05) is 17.3 Å². The molecule has 10 heteroatoms. The number of imidazole rings is 1. The van der Waals surface area contributed by atoms with E-state index in [0.29, 0.717) is 22.7 Å². The van der Waals surface area contributed by atoms with E-state index in [4.69, 9.17) is 9.98 Å². The average Bonchev–Trinajstić information content (AvgIpc) is 3.33. The third kappa shape index (κ3) is 3.75. The molecule has 0 aromatic carbocycles. The quantitative estimate of drug-likeness (QED) is 0.412. The molecule has 5 N–H and O–H groups in total. The number of anilines is 1. The van der Waals surface area contributed by atoms with Crippen LogP contribution in [-0.2, 0) is 0 Å². The van der Waals surface area contributed by atoms with E-state index in [1.54, 1.807) is 16.8 Å². The van der Waals surface area contributed by atoms with Crippen molar-refractivity contribution in [3.05, 3.63) is 39.1 Å². The molecule has 0 aliphatic heterocycles. The van der Waals surface area contributed by atoms with E-state index >= 15 is 0 Å². The summed E-state index contributed by atoms with van der Waals surface area (Å²) in [5, 5.41) is 28.1. The number of rotatable bonds is 4. The fraction of sp³-hybridized carbons (Fsp3) is 0.474. The van der Waals surface area contributed by atoms with Gasteiger partial charge in [-0.25, -0.2) is 9.78 Å². The van der Waals surface area contributed by atoms with Crippen molar-refractivity contribution in [1.29, 1.82) is 0 Å². The summed E-state index contributed by atoms with van der Waals surface area (Å²) in [6.07, 6.45) is 8.55. The fourth-order valence-corrected chi connectivity index (χ4v) is 3.70. The number of aliphatic hydroxyl groups excluding tert-OH is 1. The first-order valence-electron chi connectivity index (χ1n) is 9.95. The van der Waals surface area contributed by atoms with E-state index in [0.717, 1.165) is 44.0 Å². The second kappa shape index (κ2) is 7.03. The van der Waals surface area contributed by atoms with Crippen LogP contribution in [0.15, 0.2) is 22.1 Å². The first kappa shape index (κ1) is 17.9. The number of fused-ring (bicyclic) bond motifs is 1. The fourth-order valence-electron chi connectivity index (χ4n) is 3.70. The lowest BCUT2D eigenvalue weighted by molar-refractivity contribution is 0.126. The summed E-state index contributed by atoms with van der Waals surface area (Å²) < 4.78 is 1.68. The number of nitrogens with zero attached hydrogens (tertiary/aromatic N) is 4. The first-order chi connectivity index (χ1) is 14.0. The molecule has 0 spiro atoms. The molecular weight excluding hydrogens is 374 g/mol. The van der Waals surface area contributed by atoms with E-state index in [9.17, 15) is 15.0 Å². The molecule has 5 rings (SSSR count). The topological polar surface area (TPSA) is 144 Å². The molecule has 3 aromatic rings. The molecule has 0 atom stereocenters. The Hall–Kier alpha value is -3.14. The van der Waals surface area contributed by atoms with Crippen molar-refractivity contribution >= 4 is 17.5 Å². The Morgan fingerprint density at radius 2 is 2.00 bits per heavy atom. The Morgan fingerprint density at radius 3 is 2.69 bits per heavy atom. The summed E-state index contributed by atoms with van der Waals surface area (Å²) in [5.41, 5.74) is 1.10. The van der Waals surface area contributed by atoms with Crippen molar-refractivity contribution in [3.8, 4) is 5.88 Å². The van der Waals surface area contributed by atoms with Gasteiger partial charge < -0.3 is 20.5 Å². The second-order valence-electron chi connectivity index (χ2n) is 7.83. The van der Waals surface area contributed by atoms with E-state index in [2.05, 4.69) is 20.4 Å². The van der Waals surface area contributed by atoms with Gasteiger partial charge in [0.2, 0.25) is 5.88 Å². The van der Waals surface area contributed by atoms with Crippen molar-refractivity contribution in [2.45, 2.75) is 56.7 Å². The SMILES string of the molecule is O=c1[nH]c(O)c(/C=c2/cnn3c(=NC4CC4)cc(NC4CCC(O)CC4)nc23)[nH]1. The predicted octanol–water partition coefficient (Wildman–Crippen LogP) is -0.222. The number of H-pyrrole nitrogens is 2. The van der Waals surface area contributed by atoms with E-state index in [1.165, 1.54) is 0 Å². The van der Waals surface area contributed by atoms with Crippen LogP contribution in [-0.4, -0.2) is 53.0 Å². The molecule has 0 bridgehead atoms. The van der Waals surface area contributed by atoms with E-state index in [1.807, 2.05) is 6.07 Å². The van der Waals surface area contributed by atoms with Crippen LogP contribution >= 0.6 is 0 Å². The van der Waals surface area contributed by atoms with Gasteiger partial charge in [0.25, 0.3) is 0 Å². The molecular formula is C19H23N7O3. The Bertz CT molecular complexity index is 1210. The molecule has 0 saturated heterocycles. The summed E-state index contributed by atoms with van der Waals surface area (Å²) in [7, 11) is 0. The Morgan fingerprint density at radius 1 is 1.21 bits per heavy atom. The molecule has 2 aliphatic carbocycles. The molecule has 2 saturated carbocycles. The van der Waals surface area contributed by atoms with Gasteiger partial charge in [-0.1, -0.05) is 0 Å². The molecule has 2 fully saturated rings. The summed E-state index contributed by atoms with van der Waals surface area (Å²) in [5.74, 6) is 0.479. The number of aromatic hydroxyl groups is 1. The van der Waals surface area contributed by atoms with E-state index < -0.39 is 5.69 Å². The van der Waals surface area contributed by atoms with Crippen molar-refractivity contribution in [3.63, 3.8) is 0 Å². The monoisotopic (exact) mass is 397 g/mol. The van der Waals surface area contributed by atoms with Crippen molar-refractivity contribution in [2.24, 2.45) is 4.99 Å². The number of hydrogen-bond donors (Lipinski definition) is 5. The number of nitrogens with one attached hydrogen (secondary N) is 3. The predicted molar refractivity (Wildman–Crippen MR) is 105 cm³/mol. The molecule has 0 amide bonds. The summed E-state index contributed by atoms with van der Waals surface area (Å²) in [6, 6.07) is 2.48. The smallest absolute Gasteiger partial charge is 0.326 e. The summed E-state index contributed by atoms with van der Waals surface area (Å²) >= 11 is 0. The van der Waals surface area contributed by atoms with Crippen LogP contribution < -0.4 is 21.7 Å². The molecule has 3 aromatic heterocycles. The van der Waals surface area contributed by atoms with Crippen molar-refractivity contribution in [2.75, 3.05) is 5.32 Å². The molecule has 2 aliphatic rings. The number of hydrogen-bond acceptors (Lipinski definition) is 7. The minimum absolute atomic E-state index is 0.212. The normalized spacial score (nSPS) is 23.8. The molecule has 29 heavy (non-hydrogen) atoms. The Balaban J connectivity index is 1.59. The highest BCUT2D eigenvalue weighted by atomic mass is 16.3. The second-order valence-corrected chi connectivity index (χ2v) is 7.83. The van der Waals surface area contributed by atoms with Crippen LogP contribution in [0.25, 0.3) is 11.7 Å². The number of aromatic nitrogens is 5. The van der Waals surface area contributed by atoms with Gasteiger partial charge in [-0.05, 0) is 44.6 Å². The van der Waals surface area contributed by atoms with Gasteiger partial charge >= 0.3 is 5.69 Å². The standard InChI is InChI=1S/C19H23N7O3/c27-13-5-3-11(4-6-13)21-15-8-16(22-12-1-2-12)26-17(24-15)10(9-20-26)7-14-18(28)25-19(29)23-14/h7-9,11-13,21,27-28H,1-6H2,(H2,23,25,29)/b10-7-,22-16?. The van der Waals surface area contributed by atoms with Crippen molar-refractivity contribution in [1.82, 2.24) is 24.6 Å². The number of aromatic amines is 2. The maximum Gasteiger partial charge on any atom is 0.326 e. The van der Waals surface area contributed by atoms with Gasteiger partial charge in [0.15, 0.2) is 11.1 Å². The minimum Gasteiger partial charge on any atom is -0.493 e. The van der Waals surface area contributed by atoms with Gasteiger partial charge in [-0.3, -0.25) is 9.98 Å². The van der Waals surface area contributed by atoms with Gasteiger partial charge in [-0.15, -0.1) is 0 Å². The zero-order chi connectivity index (χ0) is 20.0. The summed E-state index contributed by atoms with van der Waals surface area (Å²) in [4.78, 5) is 25.7. The average molecular weight is 397 g/mol. The Kier molecular flexibility index (Phi) is 4.35. The largest absolute Gasteiger partial charge is 0.493 e. The molecule has 0 unspecified atom stereocenters. The lowest BCUT2D eigenvalue weighted by atomic mass is 9.93. The third-order valence-corrected chi connectivity index (χ3v) is 5.43. The minimum atomic E-state index is -0.482. The zero-order valence-electron chi connectivity index (χ0n) is 15.8. The maximum atomic E-state index is 11.4. The van der Waals surface area contributed by atoms with Crippen LogP contribution in [0.4, 0.5) is 5.82 Å². The van der Waals surface area contributed by atoms with Gasteiger partial charge in [0.05, 0.1) is 18.3 Å². The van der Waals surface area contributed by atoms with Crippen LogP contribution in [0.5, 0.6) is 5.88 Å². The van der Waals surface area contributed by atoms with Crippen LogP contribution in [0.3, 0.4) is 0 Å². The Labute approximate surface area is 165 Å². The molecule has 152 valence electrons. The van der Waals surface area contributed by atoms with Crippen LogP contribution in [0.1, 0.15) is 44.2 Å². The molecule has 0 radical (unpaired) electrons. The lowest BCUT2D eigenvalue weighted by Crippen LogP contribution is -2.30. The van der Waals surface area contributed by atoms with E-state index in [-0.39, 0.29) is 23.7 Å². The van der Waals surface area contributed by atoms with Crippen LogP contribution in [0.2, 0.25) is 0 Å². The number of aliphatic hydroxyl groups is 1. The highest BCUT2D eigenvalue weighted by Gasteiger charge is 2.22. The molecule has 10 nitrogen and oxygen atoms in total. The van der Waals surface area contributed by atoms with Crippen molar-refractivity contribution < 1.29 is 10.2 Å². The maximum absolute atomic E-state index is 11.4. The van der Waals surface area contributed by atoms with Crippen LogP contribution in [0, 0.1) is 0 Å². The molecule has 3 heterocycles. The highest BCUT2D eigenvalue weighted by molar-refractivity contribution is 5.58. The third-order valence-electron chi connectivity index (χ3n) is 5.43. The van der Waals surface area contributed by atoms with Gasteiger partial charge in [-0.2, -0.15) is 9.61 Å². The summed E-state index contributed by atoms with van der Waals surface area (Å²) in [6.45, 7) is 0. The van der Waals surface area contributed by atoms with Gasteiger partial charge in [0.1, 0.15) is 11.5 Å².